The van der Waals surface area contributed by atoms with E-state index in [9.17, 15) is 14.4 Å². The van der Waals surface area contributed by atoms with Crippen LogP contribution in [0.3, 0.4) is 0 Å². The third-order valence-corrected chi connectivity index (χ3v) is 4.40. The van der Waals surface area contributed by atoms with Crippen LogP contribution in [0.2, 0.25) is 0 Å². The van der Waals surface area contributed by atoms with Gasteiger partial charge in [-0.05, 0) is 32.1 Å². The van der Waals surface area contributed by atoms with Crippen LogP contribution in [0.25, 0.3) is 0 Å². The van der Waals surface area contributed by atoms with Crippen molar-refractivity contribution in [3.63, 3.8) is 0 Å². The van der Waals surface area contributed by atoms with E-state index in [0.717, 1.165) is 11.1 Å². The van der Waals surface area contributed by atoms with Crippen molar-refractivity contribution < 1.29 is 34.1 Å². The van der Waals surface area contributed by atoms with Crippen molar-refractivity contribution in [1.82, 2.24) is 0 Å². The molecule has 0 spiro atoms. The number of carboxylic acids is 2. The molecule has 0 aromatic carbocycles. The Morgan fingerprint density at radius 2 is 1.24 bits per heavy atom. The minimum absolute atomic E-state index is 0.0615. The van der Waals surface area contributed by atoms with Crippen LogP contribution in [0.1, 0.15) is 20.3 Å². The Balaban J connectivity index is 0.000000315. The molecule has 1 saturated carbocycles. The number of rotatable bonds is 2. The summed E-state index contributed by atoms with van der Waals surface area (Å²) in [5.41, 5.74) is 2.18. The summed E-state index contributed by atoms with van der Waals surface area (Å²) in [6.45, 7) is 3.85. The van der Waals surface area contributed by atoms with Crippen LogP contribution >= 0.6 is 0 Å². The zero-order chi connectivity index (χ0) is 16.3. The molecule has 7 nitrogen and oxygen atoms in total. The molecule has 2 aliphatic carbocycles. The molecule has 0 aromatic rings. The number of fused-ring (bicyclic) bond motifs is 2. The van der Waals surface area contributed by atoms with Gasteiger partial charge in [0.05, 0.1) is 26.1 Å². The molecule has 7 heteroatoms. The molecule has 2 aliphatic rings. The summed E-state index contributed by atoms with van der Waals surface area (Å²) in [4.78, 5) is 31.9. The number of hydrogen-bond acceptors (Lipinski definition) is 5. The third kappa shape index (κ3) is 3.17. The maximum Gasteiger partial charge on any atom is 0.507 e. The fourth-order valence-corrected chi connectivity index (χ4v) is 3.28. The highest BCUT2D eigenvalue weighted by Crippen LogP contribution is 2.55. The van der Waals surface area contributed by atoms with Crippen LogP contribution in [0.5, 0.6) is 0 Å². The highest BCUT2D eigenvalue weighted by molar-refractivity contribution is 5.83. The van der Waals surface area contributed by atoms with Crippen molar-refractivity contribution in [2.45, 2.75) is 20.3 Å². The van der Waals surface area contributed by atoms with Gasteiger partial charge in [0.2, 0.25) is 0 Å². The fourth-order valence-electron chi connectivity index (χ4n) is 3.28. The van der Waals surface area contributed by atoms with Crippen LogP contribution < -0.4 is 0 Å². The second-order valence-corrected chi connectivity index (χ2v) is 5.20. The molecule has 0 amide bonds. The highest BCUT2D eigenvalue weighted by atomic mass is 16.7. The molecule has 118 valence electrons. The average Bonchev–Trinajstić information content (AvgIpc) is 2.96. The quantitative estimate of drug-likeness (QED) is 0.590. The van der Waals surface area contributed by atoms with Crippen molar-refractivity contribution >= 4 is 18.1 Å². The molecule has 0 radical (unpaired) electrons. The van der Waals surface area contributed by atoms with Gasteiger partial charge in [-0.2, -0.15) is 0 Å². The minimum atomic E-state index is -0.971. The van der Waals surface area contributed by atoms with Gasteiger partial charge in [0.1, 0.15) is 0 Å². The van der Waals surface area contributed by atoms with E-state index < -0.39 is 29.9 Å². The first kappa shape index (κ1) is 17.0. The molecular formula is C14H20O7. The molecule has 0 heterocycles. The lowest BCUT2D eigenvalue weighted by Crippen LogP contribution is -2.35. The lowest BCUT2D eigenvalue weighted by molar-refractivity contribution is -0.154. The number of carbonyl (C=O) groups excluding carboxylic acids is 1. The summed E-state index contributed by atoms with van der Waals surface area (Å²) in [5.74, 6) is -3.52. The summed E-state index contributed by atoms with van der Waals surface area (Å²) in [6.07, 6.45) is 0.0426. The van der Waals surface area contributed by atoms with Crippen molar-refractivity contribution in [2.75, 3.05) is 14.2 Å². The lowest BCUT2D eigenvalue weighted by Gasteiger charge is -2.26. The van der Waals surface area contributed by atoms with E-state index in [1.165, 1.54) is 14.2 Å². The zero-order valence-corrected chi connectivity index (χ0v) is 12.5. The molecule has 2 rings (SSSR count). The van der Waals surface area contributed by atoms with E-state index >= 15 is 0 Å². The first-order chi connectivity index (χ1) is 9.76. The van der Waals surface area contributed by atoms with Gasteiger partial charge in [-0.25, -0.2) is 4.79 Å². The number of carbonyl (C=O) groups is 3. The van der Waals surface area contributed by atoms with Crippen LogP contribution in [0, 0.1) is 23.7 Å². The van der Waals surface area contributed by atoms with Crippen molar-refractivity contribution in [1.29, 1.82) is 0 Å². The molecule has 0 aromatic heterocycles. The monoisotopic (exact) mass is 300 g/mol. The Bertz CT molecular complexity index is 440. The van der Waals surface area contributed by atoms with Gasteiger partial charge in [-0.15, -0.1) is 0 Å². The minimum Gasteiger partial charge on any atom is -0.481 e. The summed E-state index contributed by atoms with van der Waals surface area (Å²) < 4.78 is 8.08. The van der Waals surface area contributed by atoms with Gasteiger partial charge in [0, 0.05) is 0 Å². The second kappa shape index (κ2) is 6.60. The molecule has 0 saturated heterocycles. The van der Waals surface area contributed by atoms with Gasteiger partial charge in [-0.3, -0.25) is 9.59 Å². The predicted molar refractivity (Wildman–Crippen MR) is 71.6 cm³/mol. The highest BCUT2D eigenvalue weighted by Gasteiger charge is 2.55. The largest absolute Gasteiger partial charge is 0.507 e. The second-order valence-electron chi connectivity index (χ2n) is 5.20. The molecule has 2 bridgehead atoms. The summed E-state index contributed by atoms with van der Waals surface area (Å²) in [7, 11) is 2.51. The van der Waals surface area contributed by atoms with Crippen molar-refractivity contribution in [3.8, 4) is 0 Å². The first-order valence-corrected chi connectivity index (χ1v) is 6.51. The van der Waals surface area contributed by atoms with Gasteiger partial charge in [0.25, 0.3) is 0 Å². The van der Waals surface area contributed by atoms with Gasteiger partial charge in [0.15, 0.2) is 0 Å². The van der Waals surface area contributed by atoms with Gasteiger partial charge >= 0.3 is 18.1 Å². The number of aliphatic carboxylic acids is 2. The van der Waals surface area contributed by atoms with E-state index in [1.807, 2.05) is 13.8 Å². The standard InChI is InChI=1S/C11H14O4.C3H6O3/c1-4-5(2)7-3-6(4)8(10(12)13)9(7)11(14)15;1-5-3(4)6-2/h6-9H,3H2,1-2H3,(H,12,13)(H,14,15);1-2H3. The van der Waals surface area contributed by atoms with Crippen molar-refractivity contribution in [3.05, 3.63) is 11.1 Å². The predicted octanol–water partition coefficient (Wildman–Crippen LogP) is 1.77. The van der Waals surface area contributed by atoms with E-state index in [-0.39, 0.29) is 11.8 Å². The topological polar surface area (TPSA) is 110 Å². The SMILES string of the molecule is CC1=C(C)C2CC1C(C(=O)O)C2C(=O)O.COC(=O)OC. The first-order valence-electron chi connectivity index (χ1n) is 6.51. The Kier molecular flexibility index (Phi) is 5.34. The normalized spacial score (nSPS) is 29.5. The maximum absolute atomic E-state index is 11.1. The molecule has 21 heavy (non-hydrogen) atoms. The Labute approximate surface area is 122 Å². The summed E-state index contributed by atoms with van der Waals surface area (Å²) >= 11 is 0. The summed E-state index contributed by atoms with van der Waals surface area (Å²) in [6, 6.07) is 0. The molecule has 2 N–H and O–H groups in total. The Hall–Kier alpha value is -2.05. The number of methoxy groups -OCH3 is 2. The van der Waals surface area contributed by atoms with Crippen LogP contribution in [-0.2, 0) is 19.1 Å². The molecule has 4 unspecified atom stereocenters. The zero-order valence-electron chi connectivity index (χ0n) is 12.5. The van der Waals surface area contributed by atoms with E-state index in [4.69, 9.17) is 10.2 Å². The molecular weight excluding hydrogens is 280 g/mol. The number of carboxylic acid groups (broad SMARTS) is 2. The van der Waals surface area contributed by atoms with Crippen LogP contribution in [-0.4, -0.2) is 42.5 Å². The molecule has 0 aliphatic heterocycles. The van der Waals surface area contributed by atoms with Gasteiger partial charge < -0.3 is 19.7 Å². The van der Waals surface area contributed by atoms with Crippen LogP contribution in [0.4, 0.5) is 4.79 Å². The summed E-state index contributed by atoms with van der Waals surface area (Å²) in [5, 5.41) is 18.1. The smallest absolute Gasteiger partial charge is 0.481 e. The molecule has 4 atom stereocenters. The number of ether oxygens (including phenoxy) is 2. The Morgan fingerprint density at radius 3 is 1.43 bits per heavy atom. The number of hydrogen-bond donors (Lipinski definition) is 2. The van der Waals surface area contributed by atoms with E-state index in [0.29, 0.717) is 6.42 Å². The molecule has 1 fully saturated rings. The maximum atomic E-state index is 11.1. The lowest BCUT2D eigenvalue weighted by atomic mass is 9.76. The average molecular weight is 300 g/mol. The van der Waals surface area contributed by atoms with Crippen molar-refractivity contribution in [2.24, 2.45) is 23.7 Å². The number of allylic oxidation sites excluding steroid dienone is 2. The fraction of sp³-hybridized carbons (Fsp3) is 0.643. The Morgan fingerprint density at radius 1 is 0.905 bits per heavy atom. The third-order valence-electron chi connectivity index (χ3n) is 4.40. The van der Waals surface area contributed by atoms with E-state index in [2.05, 4.69) is 9.47 Å². The van der Waals surface area contributed by atoms with Gasteiger partial charge in [-0.1, -0.05) is 11.1 Å². The van der Waals surface area contributed by atoms with E-state index in [1.54, 1.807) is 0 Å². The van der Waals surface area contributed by atoms with Crippen LogP contribution in [0.15, 0.2) is 11.1 Å².